The molecule has 0 saturated heterocycles. The molecule has 1 aliphatic rings. The fourth-order valence-electron chi connectivity index (χ4n) is 2.18. The van der Waals surface area contributed by atoms with E-state index in [4.69, 9.17) is 38.2 Å². The van der Waals surface area contributed by atoms with E-state index in [9.17, 15) is 0 Å². The van der Waals surface area contributed by atoms with Gasteiger partial charge >= 0.3 is 0 Å². The van der Waals surface area contributed by atoms with Crippen molar-refractivity contribution in [2.45, 2.75) is 31.2 Å². The first-order chi connectivity index (χ1) is 10.1. The zero-order chi connectivity index (χ0) is 14.9. The Morgan fingerprint density at radius 3 is 2.77 bits per heavy atom. The molecule has 1 saturated carbocycles. The maximum Gasteiger partial charge on any atom is 0.230 e. The Kier molecular flexibility index (Phi) is 5.55. The molecule has 2 N–H and O–H groups in total. The van der Waals surface area contributed by atoms with Crippen molar-refractivity contribution in [1.29, 1.82) is 0 Å². The highest BCUT2D eigenvalue weighted by molar-refractivity contribution is 6.42. The molecule has 5 nitrogen and oxygen atoms in total. The van der Waals surface area contributed by atoms with Gasteiger partial charge in [0.2, 0.25) is 5.89 Å². The maximum atomic E-state index is 6.15. The van der Waals surface area contributed by atoms with Gasteiger partial charge in [0.25, 0.3) is 0 Å². The molecule has 120 valence electrons. The van der Waals surface area contributed by atoms with Crippen LogP contribution in [-0.2, 0) is 12.0 Å². The number of rotatable bonds is 5. The summed E-state index contributed by atoms with van der Waals surface area (Å²) < 4.78 is 10.8. The molecule has 1 aromatic heterocycles. The molecule has 3 rings (SSSR count). The highest BCUT2D eigenvalue weighted by Gasteiger charge is 2.38. The molecule has 0 atom stereocenters. The second-order valence-electron chi connectivity index (χ2n) is 5.17. The second kappa shape index (κ2) is 7.04. The number of nitrogens with two attached hydrogens (primary N) is 1. The van der Waals surface area contributed by atoms with E-state index in [0.29, 0.717) is 40.5 Å². The van der Waals surface area contributed by atoms with E-state index in [1.165, 1.54) is 0 Å². The molecule has 0 spiro atoms. The number of hydrogen-bond acceptors (Lipinski definition) is 5. The van der Waals surface area contributed by atoms with Gasteiger partial charge in [0.05, 0.1) is 23.6 Å². The molecule has 0 aliphatic heterocycles. The van der Waals surface area contributed by atoms with Crippen molar-refractivity contribution in [2.75, 3.05) is 6.61 Å². The molecule has 8 heteroatoms. The molecule has 1 fully saturated rings. The summed E-state index contributed by atoms with van der Waals surface area (Å²) in [6, 6.07) is 5.25. The summed E-state index contributed by atoms with van der Waals surface area (Å²) in [5, 5.41) is 4.82. The Morgan fingerprint density at radius 1 is 1.32 bits per heavy atom. The third kappa shape index (κ3) is 3.49. The molecular formula is C14H16Cl3N3O2. The van der Waals surface area contributed by atoms with Crippen LogP contribution in [0.2, 0.25) is 10.0 Å². The molecular weight excluding hydrogens is 349 g/mol. The number of halogens is 3. The normalized spacial score (nSPS) is 15.8. The van der Waals surface area contributed by atoms with Gasteiger partial charge in [-0.1, -0.05) is 34.4 Å². The molecule has 1 heterocycles. The van der Waals surface area contributed by atoms with Crippen LogP contribution in [0.25, 0.3) is 0 Å². The van der Waals surface area contributed by atoms with Crippen molar-refractivity contribution in [3.05, 3.63) is 40.0 Å². The summed E-state index contributed by atoms with van der Waals surface area (Å²) >= 11 is 12.0. The van der Waals surface area contributed by atoms with Gasteiger partial charge in [0.15, 0.2) is 5.82 Å². The van der Waals surface area contributed by atoms with E-state index in [1.807, 2.05) is 0 Å². The summed E-state index contributed by atoms with van der Waals surface area (Å²) in [6.45, 7) is 0.374. The van der Waals surface area contributed by atoms with Crippen molar-refractivity contribution >= 4 is 35.6 Å². The van der Waals surface area contributed by atoms with Crippen LogP contribution >= 0.6 is 35.6 Å². The molecule has 2 aromatic rings. The Bertz CT molecular complexity index is 644. The molecule has 0 radical (unpaired) electrons. The molecule has 0 amide bonds. The van der Waals surface area contributed by atoms with Crippen LogP contribution in [-0.4, -0.2) is 16.7 Å². The Hall–Kier alpha value is -1.01. The first-order valence-electron chi connectivity index (χ1n) is 6.77. The highest BCUT2D eigenvalue weighted by Crippen LogP contribution is 2.37. The number of aromatic nitrogens is 2. The van der Waals surface area contributed by atoms with E-state index in [1.54, 1.807) is 18.2 Å². The Morgan fingerprint density at radius 2 is 2.09 bits per heavy atom. The van der Waals surface area contributed by atoms with E-state index >= 15 is 0 Å². The summed E-state index contributed by atoms with van der Waals surface area (Å²) in [5.74, 6) is 1.64. The molecule has 0 bridgehead atoms. The fourth-order valence-corrected chi connectivity index (χ4v) is 2.53. The minimum absolute atomic E-state index is 0. The smallest absolute Gasteiger partial charge is 0.230 e. The van der Waals surface area contributed by atoms with E-state index in [0.717, 1.165) is 19.3 Å². The standard InChI is InChI=1S/C14H15Cl2N3O2.ClH/c15-9-3-1-4-10(12(9)16)20-8-5-11-18-13(19-21-11)14(17)6-2-7-14;/h1,3-4H,2,5-8,17H2;1H. The van der Waals surface area contributed by atoms with Crippen LogP contribution in [0, 0.1) is 0 Å². The third-order valence-corrected chi connectivity index (χ3v) is 4.45. The van der Waals surface area contributed by atoms with Crippen LogP contribution in [0.4, 0.5) is 0 Å². The fraction of sp³-hybridized carbons (Fsp3) is 0.429. The lowest BCUT2D eigenvalue weighted by atomic mass is 9.77. The minimum atomic E-state index is -0.404. The lowest BCUT2D eigenvalue weighted by molar-refractivity contribution is 0.228. The lowest BCUT2D eigenvalue weighted by Crippen LogP contribution is -2.44. The van der Waals surface area contributed by atoms with Crippen molar-refractivity contribution in [3.8, 4) is 5.75 Å². The van der Waals surface area contributed by atoms with Crippen LogP contribution in [0.3, 0.4) is 0 Å². The highest BCUT2D eigenvalue weighted by atomic mass is 35.5. The monoisotopic (exact) mass is 363 g/mol. The predicted molar refractivity (Wildman–Crippen MR) is 86.9 cm³/mol. The summed E-state index contributed by atoms with van der Waals surface area (Å²) in [5.41, 5.74) is 5.74. The van der Waals surface area contributed by atoms with Crippen LogP contribution in [0.5, 0.6) is 5.75 Å². The first kappa shape index (κ1) is 17.3. The van der Waals surface area contributed by atoms with E-state index in [-0.39, 0.29) is 12.4 Å². The van der Waals surface area contributed by atoms with Crippen LogP contribution in [0.1, 0.15) is 31.0 Å². The van der Waals surface area contributed by atoms with E-state index < -0.39 is 5.54 Å². The zero-order valence-electron chi connectivity index (χ0n) is 11.7. The summed E-state index contributed by atoms with van der Waals surface area (Å²) in [4.78, 5) is 4.33. The van der Waals surface area contributed by atoms with Crippen molar-refractivity contribution in [3.63, 3.8) is 0 Å². The third-order valence-electron chi connectivity index (χ3n) is 3.65. The minimum Gasteiger partial charge on any atom is -0.491 e. The van der Waals surface area contributed by atoms with Gasteiger partial charge in [-0.2, -0.15) is 4.98 Å². The summed E-state index contributed by atoms with van der Waals surface area (Å²) in [7, 11) is 0. The van der Waals surface area contributed by atoms with Crippen LogP contribution < -0.4 is 10.5 Å². The van der Waals surface area contributed by atoms with Gasteiger partial charge in [-0.3, -0.25) is 0 Å². The first-order valence-corrected chi connectivity index (χ1v) is 7.53. The molecule has 0 unspecified atom stereocenters. The van der Waals surface area contributed by atoms with Crippen LogP contribution in [0.15, 0.2) is 22.7 Å². The average Bonchev–Trinajstić information content (AvgIpc) is 2.90. The Labute approximate surface area is 144 Å². The maximum absolute atomic E-state index is 6.15. The quantitative estimate of drug-likeness (QED) is 0.874. The number of hydrogen-bond donors (Lipinski definition) is 1. The second-order valence-corrected chi connectivity index (χ2v) is 5.96. The molecule has 1 aromatic carbocycles. The largest absolute Gasteiger partial charge is 0.491 e. The summed E-state index contributed by atoms with van der Waals surface area (Å²) in [6.07, 6.45) is 3.41. The molecule has 22 heavy (non-hydrogen) atoms. The number of ether oxygens (including phenoxy) is 1. The Balaban J connectivity index is 0.00000176. The van der Waals surface area contributed by atoms with Gasteiger partial charge in [-0.05, 0) is 31.4 Å². The van der Waals surface area contributed by atoms with Gasteiger partial charge in [0.1, 0.15) is 10.8 Å². The lowest BCUT2D eigenvalue weighted by Gasteiger charge is -2.34. The van der Waals surface area contributed by atoms with Crippen molar-refractivity contribution < 1.29 is 9.26 Å². The SMILES string of the molecule is Cl.NC1(c2noc(CCOc3cccc(Cl)c3Cl)n2)CCC1. The van der Waals surface area contributed by atoms with Gasteiger partial charge in [-0.15, -0.1) is 12.4 Å². The number of benzene rings is 1. The van der Waals surface area contributed by atoms with Crippen molar-refractivity contribution in [1.82, 2.24) is 10.1 Å². The van der Waals surface area contributed by atoms with Crippen molar-refractivity contribution in [2.24, 2.45) is 5.73 Å². The van der Waals surface area contributed by atoms with Gasteiger partial charge in [0, 0.05) is 0 Å². The molecule has 1 aliphatic carbocycles. The zero-order valence-corrected chi connectivity index (χ0v) is 14.0. The van der Waals surface area contributed by atoms with E-state index in [2.05, 4.69) is 10.1 Å². The van der Waals surface area contributed by atoms with Gasteiger partial charge in [-0.25, -0.2) is 0 Å². The predicted octanol–water partition coefficient (Wildman–Crippen LogP) is 3.76. The topological polar surface area (TPSA) is 74.2 Å². The average molecular weight is 365 g/mol. The number of nitrogens with zero attached hydrogens (tertiary/aromatic N) is 2. The van der Waals surface area contributed by atoms with Gasteiger partial charge < -0.3 is 15.0 Å².